The third-order valence-corrected chi connectivity index (χ3v) is 2.78. The van der Waals surface area contributed by atoms with Crippen LogP contribution >= 0.6 is 0 Å². The molecular weight excluding hydrogens is 244 g/mol. The predicted octanol–water partition coefficient (Wildman–Crippen LogP) is 1.17. The molecule has 2 aromatic rings. The summed E-state index contributed by atoms with van der Waals surface area (Å²) in [5.74, 6) is -0.0176. The van der Waals surface area contributed by atoms with Gasteiger partial charge in [-0.3, -0.25) is 4.79 Å². The molecule has 5 nitrogen and oxygen atoms in total. The number of aromatic hydroxyl groups is 1. The second-order valence-corrected chi connectivity index (χ2v) is 4.33. The van der Waals surface area contributed by atoms with E-state index in [1.54, 1.807) is 42.9 Å². The highest BCUT2D eigenvalue weighted by Crippen LogP contribution is 2.11. The van der Waals surface area contributed by atoms with Crippen molar-refractivity contribution in [1.29, 1.82) is 0 Å². The van der Waals surface area contributed by atoms with E-state index in [1.165, 1.54) is 0 Å². The third kappa shape index (κ3) is 3.86. The average Bonchev–Trinajstić information content (AvgIpc) is 2.91. The zero-order valence-corrected chi connectivity index (χ0v) is 10.4. The van der Waals surface area contributed by atoms with Crippen LogP contribution in [0.15, 0.2) is 47.3 Å². The van der Waals surface area contributed by atoms with Crippen molar-refractivity contribution in [2.45, 2.75) is 19.0 Å². The number of phenols is 1. The Kier molecular flexibility index (Phi) is 4.20. The molecule has 1 heterocycles. The van der Waals surface area contributed by atoms with Crippen LogP contribution < -0.4 is 11.1 Å². The summed E-state index contributed by atoms with van der Waals surface area (Å²) in [7, 11) is 0. The lowest BCUT2D eigenvalue weighted by molar-refractivity contribution is -0.122. The quantitative estimate of drug-likeness (QED) is 0.753. The summed E-state index contributed by atoms with van der Waals surface area (Å²) in [5.41, 5.74) is 7.63. The Morgan fingerprint density at radius 2 is 2.00 bits per heavy atom. The highest BCUT2D eigenvalue weighted by Gasteiger charge is 2.13. The van der Waals surface area contributed by atoms with Crippen molar-refractivity contribution in [3.05, 3.63) is 54.0 Å². The highest BCUT2D eigenvalue weighted by molar-refractivity contribution is 5.81. The standard InChI is InChI=1S/C14H16N2O3/c15-13(7-10-1-3-12(17)4-2-10)14(18)16-8-11-5-6-19-9-11/h1-6,9,13,17H,7-8,15H2,(H,16,18). The van der Waals surface area contributed by atoms with E-state index in [0.717, 1.165) is 11.1 Å². The van der Waals surface area contributed by atoms with Crippen molar-refractivity contribution in [2.75, 3.05) is 0 Å². The largest absolute Gasteiger partial charge is 0.508 e. The monoisotopic (exact) mass is 260 g/mol. The van der Waals surface area contributed by atoms with Gasteiger partial charge in [-0.2, -0.15) is 0 Å². The van der Waals surface area contributed by atoms with E-state index in [0.29, 0.717) is 13.0 Å². The Balaban J connectivity index is 1.83. The van der Waals surface area contributed by atoms with E-state index < -0.39 is 6.04 Å². The van der Waals surface area contributed by atoms with E-state index in [-0.39, 0.29) is 11.7 Å². The van der Waals surface area contributed by atoms with Crippen LogP contribution in [0.1, 0.15) is 11.1 Å². The lowest BCUT2D eigenvalue weighted by Crippen LogP contribution is -2.41. The number of hydrogen-bond acceptors (Lipinski definition) is 4. The maximum Gasteiger partial charge on any atom is 0.237 e. The van der Waals surface area contributed by atoms with Crippen LogP contribution in [0.4, 0.5) is 0 Å². The Morgan fingerprint density at radius 3 is 2.63 bits per heavy atom. The third-order valence-electron chi connectivity index (χ3n) is 2.78. The number of amides is 1. The predicted molar refractivity (Wildman–Crippen MR) is 70.3 cm³/mol. The maximum atomic E-state index is 11.8. The van der Waals surface area contributed by atoms with Gasteiger partial charge in [-0.05, 0) is 30.2 Å². The van der Waals surface area contributed by atoms with Gasteiger partial charge in [0.1, 0.15) is 5.75 Å². The van der Waals surface area contributed by atoms with Gasteiger partial charge in [-0.1, -0.05) is 12.1 Å². The second-order valence-electron chi connectivity index (χ2n) is 4.33. The smallest absolute Gasteiger partial charge is 0.237 e. The minimum Gasteiger partial charge on any atom is -0.508 e. The molecule has 1 unspecified atom stereocenters. The molecule has 0 bridgehead atoms. The second kappa shape index (κ2) is 6.06. The molecule has 0 aliphatic heterocycles. The first kappa shape index (κ1) is 13.2. The molecule has 0 radical (unpaired) electrons. The summed E-state index contributed by atoms with van der Waals surface area (Å²) in [4.78, 5) is 11.8. The minimum atomic E-state index is -0.614. The minimum absolute atomic E-state index is 0.196. The molecule has 0 aliphatic rings. The molecule has 4 N–H and O–H groups in total. The van der Waals surface area contributed by atoms with Crippen LogP contribution in [0.25, 0.3) is 0 Å². The summed E-state index contributed by atoms with van der Waals surface area (Å²) >= 11 is 0. The molecule has 100 valence electrons. The van der Waals surface area contributed by atoms with Gasteiger partial charge in [0.2, 0.25) is 5.91 Å². The van der Waals surface area contributed by atoms with Gasteiger partial charge in [-0.15, -0.1) is 0 Å². The number of furan rings is 1. The molecule has 0 aliphatic carbocycles. The Hall–Kier alpha value is -2.27. The molecule has 0 saturated carbocycles. The number of phenolic OH excluding ortho intramolecular Hbond substituents is 1. The lowest BCUT2D eigenvalue weighted by Gasteiger charge is -2.11. The summed E-state index contributed by atoms with van der Waals surface area (Å²) in [6.07, 6.45) is 3.56. The molecule has 2 rings (SSSR count). The van der Waals surface area contributed by atoms with Crippen molar-refractivity contribution in [3.8, 4) is 5.75 Å². The normalized spacial score (nSPS) is 12.1. The van der Waals surface area contributed by atoms with Crippen LogP contribution in [0, 0.1) is 0 Å². The zero-order chi connectivity index (χ0) is 13.7. The number of nitrogens with two attached hydrogens (primary N) is 1. The molecule has 1 aromatic heterocycles. The first-order valence-corrected chi connectivity index (χ1v) is 5.97. The van der Waals surface area contributed by atoms with Crippen LogP contribution in [0.5, 0.6) is 5.75 Å². The molecule has 0 saturated heterocycles. The summed E-state index contributed by atoms with van der Waals surface area (Å²) < 4.78 is 4.91. The molecule has 1 aromatic carbocycles. The van der Waals surface area contributed by atoms with Gasteiger partial charge >= 0.3 is 0 Å². The van der Waals surface area contributed by atoms with E-state index in [4.69, 9.17) is 10.2 Å². The Labute approximate surface area is 111 Å². The molecule has 5 heteroatoms. The fourth-order valence-corrected chi connectivity index (χ4v) is 1.69. The number of nitrogens with one attached hydrogen (secondary N) is 1. The van der Waals surface area contributed by atoms with E-state index in [2.05, 4.69) is 5.32 Å². The zero-order valence-electron chi connectivity index (χ0n) is 10.4. The van der Waals surface area contributed by atoms with Crippen LogP contribution in [0.3, 0.4) is 0 Å². The fraction of sp³-hybridized carbons (Fsp3) is 0.214. The average molecular weight is 260 g/mol. The molecule has 19 heavy (non-hydrogen) atoms. The fourth-order valence-electron chi connectivity index (χ4n) is 1.69. The van der Waals surface area contributed by atoms with E-state index >= 15 is 0 Å². The van der Waals surface area contributed by atoms with Crippen LogP contribution in [-0.2, 0) is 17.8 Å². The van der Waals surface area contributed by atoms with Gasteiger partial charge in [0.15, 0.2) is 0 Å². The molecule has 0 spiro atoms. The van der Waals surface area contributed by atoms with Crippen LogP contribution in [0.2, 0.25) is 0 Å². The number of carbonyl (C=O) groups excluding carboxylic acids is 1. The lowest BCUT2D eigenvalue weighted by atomic mass is 10.1. The van der Waals surface area contributed by atoms with Crippen molar-refractivity contribution in [3.63, 3.8) is 0 Å². The number of carbonyl (C=O) groups is 1. The molecule has 0 fully saturated rings. The van der Waals surface area contributed by atoms with Crippen molar-refractivity contribution < 1.29 is 14.3 Å². The van der Waals surface area contributed by atoms with Gasteiger partial charge in [-0.25, -0.2) is 0 Å². The van der Waals surface area contributed by atoms with Crippen LogP contribution in [-0.4, -0.2) is 17.1 Å². The first-order valence-electron chi connectivity index (χ1n) is 5.97. The van der Waals surface area contributed by atoms with E-state index in [9.17, 15) is 9.90 Å². The molecule has 1 amide bonds. The maximum absolute atomic E-state index is 11.8. The number of rotatable bonds is 5. The number of hydrogen-bond donors (Lipinski definition) is 3. The summed E-state index contributed by atoms with van der Waals surface area (Å²) in [5, 5.41) is 11.9. The highest BCUT2D eigenvalue weighted by atomic mass is 16.3. The topological polar surface area (TPSA) is 88.5 Å². The SMILES string of the molecule is NC(Cc1ccc(O)cc1)C(=O)NCc1ccoc1. The summed E-state index contributed by atoms with van der Waals surface area (Å²) in [6.45, 7) is 0.401. The van der Waals surface area contributed by atoms with Gasteiger partial charge in [0.05, 0.1) is 18.6 Å². The van der Waals surface area contributed by atoms with Gasteiger partial charge < -0.3 is 20.6 Å². The van der Waals surface area contributed by atoms with E-state index in [1.807, 2.05) is 0 Å². The van der Waals surface area contributed by atoms with Crippen molar-refractivity contribution in [1.82, 2.24) is 5.32 Å². The molecule has 1 atom stereocenters. The van der Waals surface area contributed by atoms with Crippen molar-refractivity contribution >= 4 is 5.91 Å². The van der Waals surface area contributed by atoms with Crippen molar-refractivity contribution in [2.24, 2.45) is 5.73 Å². The van der Waals surface area contributed by atoms with Gasteiger partial charge in [0.25, 0.3) is 0 Å². The summed E-state index contributed by atoms with van der Waals surface area (Å²) in [6, 6.07) is 7.82. The molecular formula is C14H16N2O3. The Morgan fingerprint density at radius 1 is 1.26 bits per heavy atom. The number of benzene rings is 1. The first-order chi connectivity index (χ1) is 9.15. The Bertz CT molecular complexity index is 520. The van der Waals surface area contributed by atoms with Gasteiger partial charge in [0, 0.05) is 12.1 Å².